The van der Waals surface area contributed by atoms with Crippen LogP contribution in [0.2, 0.25) is 0 Å². The maximum atomic E-state index is 11.4. The van der Waals surface area contributed by atoms with Crippen LogP contribution in [0.5, 0.6) is 0 Å². The molecule has 6 heteroatoms. The number of amides is 2. The van der Waals surface area contributed by atoms with Gasteiger partial charge in [-0.15, -0.1) is 0 Å². The van der Waals surface area contributed by atoms with Gasteiger partial charge in [0, 0.05) is 33.3 Å². The van der Waals surface area contributed by atoms with E-state index in [9.17, 15) is 9.59 Å². The van der Waals surface area contributed by atoms with Gasteiger partial charge in [0.2, 0.25) is 11.8 Å². The minimum absolute atomic E-state index is 0.00350. The van der Waals surface area contributed by atoms with Crippen LogP contribution in [0.4, 0.5) is 0 Å². The lowest BCUT2D eigenvalue weighted by atomic mass is 10.3. The molecule has 0 spiro atoms. The third-order valence-electron chi connectivity index (χ3n) is 2.37. The summed E-state index contributed by atoms with van der Waals surface area (Å²) in [6.45, 7) is 3.05. The van der Waals surface area contributed by atoms with E-state index in [0.717, 1.165) is 0 Å². The lowest BCUT2D eigenvalue weighted by Gasteiger charge is -2.33. The van der Waals surface area contributed by atoms with Gasteiger partial charge in [0.05, 0.1) is 6.54 Å². The van der Waals surface area contributed by atoms with Crippen molar-refractivity contribution in [2.45, 2.75) is 0 Å². The number of carbonyl (C=O) groups excluding carboxylic acids is 2. The predicted molar refractivity (Wildman–Crippen MR) is 54.1 cm³/mol. The summed E-state index contributed by atoms with van der Waals surface area (Å²) in [5.41, 5.74) is 5.08. The van der Waals surface area contributed by atoms with Crippen LogP contribution < -0.4 is 5.73 Å². The van der Waals surface area contributed by atoms with Crippen LogP contribution in [0.15, 0.2) is 0 Å². The number of methoxy groups -OCH3 is 1. The van der Waals surface area contributed by atoms with Gasteiger partial charge >= 0.3 is 0 Å². The molecule has 0 aromatic carbocycles. The first kappa shape index (κ1) is 11.9. The fourth-order valence-corrected chi connectivity index (χ4v) is 1.59. The minimum Gasteiger partial charge on any atom is -0.375 e. The van der Waals surface area contributed by atoms with Gasteiger partial charge in [-0.3, -0.25) is 14.5 Å². The van der Waals surface area contributed by atoms with Crippen molar-refractivity contribution >= 4 is 11.8 Å². The molecular formula is C9H17N3O3. The van der Waals surface area contributed by atoms with Crippen molar-refractivity contribution in [3.63, 3.8) is 0 Å². The van der Waals surface area contributed by atoms with E-state index in [0.29, 0.717) is 26.2 Å². The zero-order chi connectivity index (χ0) is 11.3. The number of hydrogen-bond donors (Lipinski definition) is 1. The molecule has 0 bridgehead atoms. The van der Waals surface area contributed by atoms with Crippen LogP contribution >= 0.6 is 0 Å². The molecule has 0 aliphatic carbocycles. The Hall–Kier alpha value is -1.14. The topological polar surface area (TPSA) is 75.9 Å². The summed E-state index contributed by atoms with van der Waals surface area (Å²) < 4.78 is 4.77. The minimum atomic E-state index is -0.327. The van der Waals surface area contributed by atoms with Crippen molar-refractivity contribution in [3.8, 4) is 0 Å². The van der Waals surface area contributed by atoms with Gasteiger partial charge < -0.3 is 15.4 Å². The van der Waals surface area contributed by atoms with Gasteiger partial charge in [-0.25, -0.2) is 0 Å². The fourth-order valence-electron chi connectivity index (χ4n) is 1.59. The molecule has 2 amide bonds. The molecule has 0 saturated carbocycles. The highest BCUT2D eigenvalue weighted by molar-refractivity contribution is 5.78. The Kier molecular flexibility index (Phi) is 4.51. The van der Waals surface area contributed by atoms with E-state index in [4.69, 9.17) is 10.5 Å². The summed E-state index contributed by atoms with van der Waals surface area (Å²) in [6.07, 6.45) is 0. The van der Waals surface area contributed by atoms with E-state index in [1.807, 2.05) is 4.90 Å². The standard InChI is InChI=1S/C9H17N3O3/c1-15-7-9(14)12-4-2-11(3-5-12)6-8(10)13/h2-7H2,1H3,(H2,10,13). The molecule has 0 aromatic rings. The summed E-state index contributed by atoms with van der Waals surface area (Å²) >= 11 is 0. The highest BCUT2D eigenvalue weighted by Gasteiger charge is 2.21. The molecule has 1 fully saturated rings. The Labute approximate surface area is 88.9 Å². The molecule has 86 valence electrons. The van der Waals surface area contributed by atoms with Crippen molar-refractivity contribution in [1.29, 1.82) is 0 Å². The lowest BCUT2D eigenvalue weighted by molar-refractivity contribution is -0.137. The summed E-state index contributed by atoms with van der Waals surface area (Å²) in [7, 11) is 1.50. The number of primary amides is 1. The molecule has 6 nitrogen and oxygen atoms in total. The van der Waals surface area contributed by atoms with Gasteiger partial charge in [-0.2, -0.15) is 0 Å². The van der Waals surface area contributed by atoms with E-state index < -0.39 is 0 Å². The van der Waals surface area contributed by atoms with Crippen LogP contribution in [-0.4, -0.2) is 68.1 Å². The quantitative estimate of drug-likeness (QED) is 0.604. The number of nitrogens with zero attached hydrogens (tertiary/aromatic N) is 2. The molecule has 2 N–H and O–H groups in total. The fraction of sp³-hybridized carbons (Fsp3) is 0.778. The van der Waals surface area contributed by atoms with E-state index >= 15 is 0 Å². The molecule has 0 unspecified atom stereocenters. The maximum Gasteiger partial charge on any atom is 0.248 e. The Bertz CT molecular complexity index is 237. The number of ether oxygens (including phenoxy) is 1. The van der Waals surface area contributed by atoms with E-state index in [1.54, 1.807) is 4.90 Å². The highest BCUT2D eigenvalue weighted by Crippen LogP contribution is 2.01. The molecule has 1 heterocycles. The molecule has 15 heavy (non-hydrogen) atoms. The molecule has 1 aliphatic rings. The monoisotopic (exact) mass is 215 g/mol. The van der Waals surface area contributed by atoms with Gasteiger partial charge in [-0.05, 0) is 0 Å². The van der Waals surface area contributed by atoms with Crippen LogP contribution in [0, 0.1) is 0 Å². The predicted octanol–water partition coefficient (Wildman–Crippen LogP) is -1.74. The smallest absolute Gasteiger partial charge is 0.248 e. The SMILES string of the molecule is COCC(=O)N1CCN(CC(N)=O)CC1. The number of nitrogens with two attached hydrogens (primary N) is 1. The molecule has 1 rings (SSSR count). The Morgan fingerprint density at radius 3 is 2.33 bits per heavy atom. The third kappa shape index (κ3) is 3.85. The number of hydrogen-bond acceptors (Lipinski definition) is 4. The van der Waals surface area contributed by atoms with E-state index in [1.165, 1.54) is 7.11 Å². The van der Waals surface area contributed by atoms with Gasteiger partial charge in [-0.1, -0.05) is 0 Å². The highest BCUT2D eigenvalue weighted by atomic mass is 16.5. The second-order valence-electron chi connectivity index (χ2n) is 3.56. The van der Waals surface area contributed by atoms with E-state index in [2.05, 4.69) is 0 Å². The average Bonchev–Trinajstić information content (AvgIpc) is 2.18. The zero-order valence-corrected chi connectivity index (χ0v) is 8.94. The first-order chi connectivity index (χ1) is 7.13. The van der Waals surface area contributed by atoms with Crippen molar-refractivity contribution in [3.05, 3.63) is 0 Å². The second-order valence-corrected chi connectivity index (χ2v) is 3.56. The second kappa shape index (κ2) is 5.67. The van der Waals surface area contributed by atoms with Gasteiger partial charge in [0.25, 0.3) is 0 Å². The Balaban J connectivity index is 2.29. The van der Waals surface area contributed by atoms with Crippen LogP contribution in [0.3, 0.4) is 0 Å². The molecule has 0 atom stereocenters. The Morgan fingerprint density at radius 1 is 1.27 bits per heavy atom. The normalized spacial score (nSPS) is 17.8. The average molecular weight is 215 g/mol. The summed E-state index contributed by atoms with van der Waals surface area (Å²) in [5.74, 6) is -0.331. The van der Waals surface area contributed by atoms with Gasteiger partial charge in [0.1, 0.15) is 6.61 Å². The van der Waals surface area contributed by atoms with Crippen molar-refractivity contribution in [2.75, 3.05) is 46.4 Å². The number of carbonyl (C=O) groups is 2. The summed E-state index contributed by atoms with van der Waals surface area (Å²) in [5, 5.41) is 0. The third-order valence-corrected chi connectivity index (χ3v) is 2.37. The Morgan fingerprint density at radius 2 is 1.87 bits per heavy atom. The molecule has 0 aromatic heterocycles. The summed E-state index contributed by atoms with van der Waals surface area (Å²) in [6, 6.07) is 0. The van der Waals surface area contributed by atoms with E-state index in [-0.39, 0.29) is 25.0 Å². The molecule has 0 radical (unpaired) electrons. The maximum absolute atomic E-state index is 11.4. The number of rotatable bonds is 4. The van der Waals surface area contributed by atoms with Crippen LogP contribution in [0.1, 0.15) is 0 Å². The summed E-state index contributed by atoms with van der Waals surface area (Å²) in [4.78, 5) is 25.8. The molecule has 1 aliphatic heterocycles. The zero-order valence-electron chi connectivity index (χ0n) is 8.94. The molecular weight excluding hydrogens is 198 g/mol. The van der Waals surface area contributed by atoms with Crippen molar-refractivity contribution < 1.29 is 14.3 Å². The number of piperazine rings is 1. The van der Waals surface area contributed by atoms with Crippen LogP contribution in [0.25, 0.3) is 0 Å². The first-order valence-corrected chi connectivity index (χ1v) is 4.91. The molecule has 1 saturated heterocycles. The van der Waals surface area contributed by atoms with Crippen LogP contribution in [-0.2, 0) is 14.3 Å². The van der Waals surface area contributed by atoms with Crippen molar-refractivity contribution in [2.24, 2.45) is 5.73 Å². The first-order valence-electron chi connectivity index (χ1n) is 4.91. The largest absolute Gasteiger partial charge is 0.375 e. The van der Waals surface area contributed by atoms with Gasteiger partial charge in [0.15, 0.2) is 0 Å². The van der Waals surface area contributed by atoms with Crippen molar-refractivity contribution in [1.82, 2.24) is 9.80 Å². The lowest BCUT2D eigenvalue weighted by Crippen LogP contribution is -2.51.